The van der Waals surface area contributed by atoms with E-state index in [1.165, 1.54) is 0 Å². The van der Waals surface area contributed by atoms with Gasteiger partial charge in [-0.15, -0.1) is 0 Å². The molecular weight excluding hydrogens is 542 g/mol. The van der Waals surface area contributed by atoms with Crippen molar-refractivity contribution in [1.82, 2.24) is 5.32 Å². The van der Waals surface area contributed by atoms with Gasteiger partial charge in [-0.05, 0) is 67.1 Å². The van der Waals surface area contributed by atoms with Gasteiger partial charge in [-0.3, -0.25) is 4.79 Å². The molecule has 4 aromatic carbocycles. The zero-order valence-electron chi connectivity index (χ0n) is 24.7. The molecule has 0 saturated carbocycles. The van der Waals surface area contributed by atoms with Crippen LogP contribution in [0.4, 0.5) is 27.5 Å². The van der Waals surface area contributed by atoms with Crippen LogP contribution in [-0.2, 0) is 0 Å². The first kappa shape index (κ1) is 29.3. The molecule has 0 aliphatic carbocycles. The quantitative estimate of drug-likeness (QED) is 0.220. The van der Waals surface area contributed by atoms with Crippen LogP contribution in [0.15, 0.2) is 97.1 Å². The summed E-state index contributed by atoms with van der Waals surface area (Å²) in [5, 5.41) is 8.83. The maximum absolute atomic E-state index is 13.7. The molecule has 1 aliphatic rings. The van der Waals surface area contributed by atoms with Gasteiger partial charge in [-0.25, -0.2) is 4.79 Å². The second kappa shape index (κ2) is 13.7. The number of methoxy groups -OCH3 is 2. The number of para-hydroxylation sites is 2. The Morgan fingerprint density at radius 2 is 1.30 bits per heavy atom. The normalized spacial score (nSPS) is 13.6. The highest BCUT2D eigenvalue weighted by atomic mass is 16.5. The molecule has 222 valence electrons. The van der Waals surface area contributed by atoms with Crippen LogP contribution in [0.5, 0.6) is 11.5 Å². The molecule has 43 heavy (non-hydrogen) atoms. The Hall–Kier alpha value is -5.18. The lowest BCUT2D eigenvalue weighted by atomic mass is 10.1. The Bertz CT molecular complexity index is 1540. The third kappa shape index (κ3) is 7.19. The number of benzene rings is 4. The summed E-state index contributed by atoms with van der Waals surface area (Å²) in [5.74, 6) is 1.33. The van der Waals surface area contributed by atoms with Gasteiger partial charge in [-0.1, -0.05) is 42.5 Å². The lowest BCUT2D eigenvalue weighted by Gasteiger charge is -2.38. The van der Waals surface area contributed by atoms with Crippen molar-refractivity contribution in [2.45, 2.75) is 13.0 Å². The monoisotopic (exact) mass is 579 g/mol. The van der Waals surface area contributed by atoms with Crippen molar-refractivity contribution in [2.75, 3.05) is 60.8 Å². The van der Waals surface area contributed by atoms with Crippen molar-refractivity contribution in [3.63, 3.8) is 0 Å². The Labute approximate surface area is 252 Å². The minimum Gasteiger partial charge on any atom is -0.497 e. The number of hydrogen-bond acceptors (Lipinski definition) is 6. The largest absolute Gasteiger partial charge is 0.497 e. The molecule has 9 heteroatoms. The summed E-state index contributed by atoms with van der Waals surface area (Å²) in [6.45, 7) is 4.94. The summed E-state index contributed by atoms with van der Waals surface area (Å²) in [7, 11) is 3.27. The smallest absolute Gasteiger partial charge is 0.323 e. The highest BCUT2D eigenvalue weighted by Crippen LogP contribution is 2.31. The highest BCUT2D eigenvalue weighted by molar-refractivity contribution is 6.04. The van der Waals surface area contributed by atoms with Gasteiger partial charge in [0.05, 0.1) is 31.5 Å². The fraction of sp³-hybridized carbons (Fsp3) is 0.235. The van der Waals surface area contributed by atoms with Crippen LogP contribution in [0.25, 0.3) is 0 Å². The maximum Gasteiger partial charge on any atom is 0.323 e. The molecule has 5 rings (SSSR count). The zero-order valence-corrected chi connectivity index (χ0v) is 24.7. The third-order valence-corrected chi connectivity index (χ3v) is 7.54. The van der Waals surface area contributed by atoms with Crippen molar-refractivity contribution in [2.24, 2.45) is 0 Å². The molecular formula is C34H37N5O4. The highest BCUT2D eigenvalue weighted by Gasteiger charge is 2.24. The van der Waals surface area contributed by atoms with Gasteiger partial charge >= 0.3 is 6.03 Å². The number of carbonyl (C=O) groups is 2. The van der Waals surface area contributed by atoms with Crippen LogP contribution in [0.1, 0.15) is 28.9 Å². The van der Waals surface area contributed by atoms with E-state index in [4.69, 9.17) is 9.47 Å². The second-order valence-corrected chi connectivity index (χ2v) is 10.3. The molecule has 3 amide bonds. The number of nitrogens with zero attached hydrogens (tertiary/aromatic N) is 2. The van der Waals surface area contributed by atoms with E-state index in [2.05, 4.69) is 31.8 Å². The first-order valence-electron chi connectivity index (χ1n) is 14.3. The summed E-state index contributed by atoms with van der Waals surface area (Å²) in [4.78, 5) is 31.1. The number of hydrogen-bond donors (Lipinski definition) is 3. The van der Waals surface area contributed by atoms with Gasteiger partial charge in [0.1, 0.15) is 11.5 Å². The van der Waals surface area contributed by atoms with Crippen LogP contribution in [0, 0.1) is 0 Å². The number of ether oxygens (including phenoxy) is 2. The van der Waals surface area contributed by atoms with Gasteiger partial charge in [0.15, 0.2) is 0 Å². The number of carbonyl (C=O) groups excluding carboxylic acids is 2. The predicted molar refractivity (Wildman–Crippen MR) is 172 cm³/mol. The number of urea groups is 1. The van der Waals surface area contributed by atoms with Gasteiger partial charge in [0, 0.05) is 43.2 Å². The number of nitrogens with one attached hydrogen (secondary N) is 3. The molecule has 4 aromatic rings. The second-order valence-electron chi connectivity index (χ2n) is 10.3. The minimum absolute atomic E-state index is 0.195. The third-order valence-electron chi connectivity index (χ3n) is 7.54. The fourth-order valence-corrected chi connectivity index (χ4v) is 5.22. The molecule has 1 aliphatic heterocycles. The molecule has 1 heterocycles. The van der Waals surface area contributed by atoms with Gasteiger partial charge in [0.25, 0.3) is 5.91 Å². The summed E-state index contributed by atoms with van der Waals surface area (Å²) >= 11 is 0. The molecule has 1 saturated heterocycles. The van der Waals surface area contributed by atoms with Gasteiger partial charge in [-0.2, -0.15) is 0 Å². The van der Waals surface area contributed by atoms with E-state index < -0.39 is 6.03 Å². The summed E-state index contributed by atoms with van der Waals surface area (Å²) < 4.78 is 10.8. The zero-order chi connectivity index (χ0) is 30.2. The van der Waals surface area contributed by atoms with E-state index in [0.29, 0.717) is 22.7 Å². The lowest BCUT2D eigenvalue weighted by molar-refractivity contribution is 0.0940. The van der Waals surface area contributed by atoms with Gasteiger partial charge < -0.3 is 35.2 Å². The Morgan fingerprint density at radius 3 is 1.98 bits per heavy atom. The van der Waals surface area contributed by atoms with E-state index in [1.807, 2.05) is 67.6 Å². The summed E-state index contributed by atoms with van der Waals surface area (Å²) in [6, 6.07) is 29.8. The lowest BCUT2D eigenvalue weighted by Crippen LogP contribution is -2.47. The first-order valence-corrected chi connectivity index (χ1v) is 14.3. The van der Waals surface area contributed by atoms with Crippen molar-refractivity contribution in [3.8, 4) is 11.5 Å². The number of rotatable bonds is 9. The average molecular weight is 580 g/mol. The standard InChI is InChI=1S/C34H37N5O4/c1-24(25-9-5-4-6-10-25)35-33(40)29-23-27(37-34(41)36-26-13-16-28(42-2)17-14-26)15-18-30(29)38-19-21-39(22-20-38)31-11-7-8-12-32(31)43-3/h4-18,23-24H,19-22H2,1-3H3,(H,35,40)(H2,36,37,41)/t24-/m1/s1. The van der Waals surface area contributed by atoms with Crippen LogP contribution in [0.3, 0.4) is 0 Å². The molecule has 1 fully saturated rings. The molecule has 0 unspecified atom stereocenters. The number of piperazine rings is 1. The van der Waals surface area contributed by atoms with Crippen LogP contribution < -0.4 is 35.2 Å². The molecule has 3 N–H and O–H groups in total. The van der Waals surface area contributed by atoms with E-state index in [-0.39, 0.29) is 11.9 Å². The molecule has 9 nitrogen and oxygen atoms in total. The molecule has 0 bridgehead atoms. The van der Waals surface area contributed by atoms with Crippen LogP contribution in [0.2, 0.25) is 0 Å². The summed E-state index contributed by atoms with van der Waals surface area (Å²) in [6.07, 6.45) is 0. The van der Waals surface area contributed by atoms with Crippen LogP contribution in [-0.4, -0.2) is 52.3 Å². The van der Waals surface area contributed by atoms with Crippen molar-refractivity contribution < 1.29 is 19.1 Å². The van der Waals surface area contributed by atoms with Gasteiger partial charge in [0.2, 0.25) is 0 Å². The fourth-order valence-electron chi connectivity index (χ4n) is 5.22. The van der Waals surface area contributed by atoms with E-state index >= 15 is 0 Å². The van der Waals surface area contributed by atoms with Crippen molar-refractivity contribution >= 4 is 34.7 Å². The van der Waals surface area contributed by atoms with E-state index in [9.17, 15) is 9.59 Å². The topological polar surface area (TPSA) is 95.2 Å². The van der Waals surface area contributed by atoms with Crippen molar-refractivity contribution in [3.05, 3.63) is 108 Å². The van der Waals surface area contributed by atoms with Crippen molar-refractivity contribution in [1.29, 1.82) is 0 Å². The van der Waals surface area contributed by atoms with E-state index in [1.54, 1.807) is 44.6 Å². The van der Waals surface area contributed by atoms with Crippen LogP contribution >= 0.6 is 0 Å². The Balaban J connectivity index is 1.35. The predicted octanol–water partition coefficient (Wildman–Crippen LogP) is 6.17. The SMILES string of the molecule is COc1ccc(NC(=O)Nc2ccc(N3CCN(c4ccccc4OC)CC3)c(C(=O)N[C@H](C)c3ccccc3)c2)cc1. The average Bonchev–Trinajstić information content (AvgIpc) is 3.05. The van der Waals surface area contributed by atoms with E-state index in [0.717, 1.165) is 48.9 Å². The number of amides is 3. The first-order chi connectivity index (χ1) is 20.9. The molecule has 0 spiro atoms. The number of anilines is 4. The minimum atomic E-state index is -0.410. The summed E-state index contributed by atoms with van der Waals surface area (Å²) in [5.41, 5.74) is 4.52. The Kier molecular flexibility index (Phi) is 9.31. The molecule has 0 aromatic heterocycles. The molecule has 1 atom stereocenters. The Morgan fingerprint density at radius 1 is 0.698 bits per heavy atom. The maximum atomic E-state index is 13.7. The molecule has 0 radical (unpaired) electrons.